The van der Waals surface area contributed by atoms with Gasteiger partial charge in [-0.05, 0) is 36.2 Å². The molecule has 7 heteroatoms. The van der Waals surface area contributed by atoms with Crippen LogP contribution in [0.5, 0.6) is 0 Å². The van der Waals surface area contributed by atoms with Crippen molar-refractivity contribution in [3.05, 3.63) is 59.9 Å². The minimum atomic E-state index is -3.59. The van der Waals surface area contributed by atoms with Gasteiger partial charge in [-0.2, -0.15) is 0 Å². The van der Waals surface area contributed by atoms with Gasteiger partial charge in [-0.1, -0.05) is 25.5 Å². The van der Waals surface area contributed by atoms with Gasteiger partial charge in [0.1, 0.15) is 0 Å². The van der Waals surface area contributed by atoms with E-state index in [9.17, 15) is 13.2 Å². The van der Waals surface area contributed by atoms with Crippen molar-refractivity contribution in [1.82, 2.24) is 14.6 Å². The van der Waals surface area contributed by atoms with Gasteiger partial charge in [-0.3, -0.25) is 9.78 Å². The molecule has 25 heavy (non-hydrogen) atoms. The monoisotopic (exact) mass is 361 g/mol. The topological polar surface area (TPSA) is 79.4 Å². The zero-order valence-electron chi connectivity index (χ0n) is 14.5. The van der Waals surface area contributed by atoms with Crippen LogP contribution in [0.3, 0.4) is 0 Å². The third kappa shape index (κ3) is 5.11. The summed E-state index contributed by atoms with van der Waals surface area (Å²) in [6.45, 7) is 2.80. The standard InChI is InChI=1S/C18H23N3O3S/c1-3-4-11-21(2)25(23,24)17-9-5-8-16(12-17)18(22)20-14-15-7-6-10-19-13-15/h5-10,12-13H,3-4,11,14H2,1-2H3,(H,20,22). The number of amides is 1. The smallest absolute Gasteiger partial charge is 0.251 e. The van der Waals surface area contributed by atoms with E-state index < -0.39 is 10.0 Å². The molecule has 134 valence electrons. The first kappa shape index (κ1) is 19.1. The van der Waals surface area contributed by atoms with Crippen LogP contribution in [0, 0.1) is 0 Å². The summed E-state index contributed by atoms with van der Waals surface area (Å²) in [5.74, 6) is -0.322. The van der Waals surface area contributed by atoms with Crippen molar-refractivity contribution in [1.29, 1.82) is 0 Å². The number of hydrogen-bond acceptors (Lipinski definition) is 4. The first-order valence-corrected chi connectivity index (χ1v) is 9.62. The summed E-state index contributed by atoms with van der Waals surface area (Å²) >= 11 is 0. The number of carbonyl (C=O) groups excluding carboxylic acids is 1. The van der Waals surface area contributed by atoms with Crippen LogP contribution in [0.25, 0.3) is 0 Å². The van der Waals surface area contributed by atoms with Gasteiger partial charge >= 0.3 is 0 Å². The molecule has 1 aromatic carbocycles. The van der Waals surface area contributed by atoms with Gasteiger partial charge < -0.3 is 5.32 Å². The van der Waals surface area contributed by atoms with Crippen LogP contribution in [0.4, 0.5) is 0 Å². The van der Waals surface area contributed by atoms with E-state index in [4.69, 9.17) is 0 Å². The molecule has 0 aliphatic rings. The number of hydrogen-bond donors (Lipinski definition) is 1. The molecule has 0 radical (unpaired) electrons. The van der Waals surface area contributed by atoms with E-state index in [-0.39, 0.29) is 10.8 Å². The lowest BCUT2D eigenvalue weighted by molar-refractivity contribution is 0.0950. The molecule has 0 bridgehead atoms. The number of nitrogens with zero attached hydrogens (tertiary/aromatic N) is 2. The number of carbonyl (C=O) groups is 1. The molecule has 0 aliphatic carbocycles. The van der Waals surface area contributed by atoms with Crippen LogP contribution in [0.1, 0.15) is 35.7 Å². The number of rotatable bonds is 8. The summed E-state index contributed by atoms with van der Waals surface area (Å²) in [5.41, 5.74) is 1.19. The average Bonchev–Trinajstić information content (AvgIpc) is 2.65. The number of nitrogens with one attached hydrogen (secondary N) is 1. The molecule has 1 N–H and O–H groups in total. The fraction of sp³-hybridized carbons (Fsp3) is 0.333. The molecule has 1 aromatic heterocycles. The highest BCUT2D eigenvalue weighted by Crippen LogP contribution is 2.16. The summed E-state index contributed by atoms with van der Waals surface area (Å²) in [4.78, 5) is 16.4. The molecule has 0 saturated heterocycles. The molecular weight excluding hydrogens is 338 g/mol. The third-order valence-corrected chi connectivity index (χ3v) is 5.66. The van der Waals surface area contributed by atoms with Crippen molar-refractivity contribution in [2.75, 3.05) is 13.6 Å². The highest BCUT2D eigenvalue weighted by atomic mass is 32.2. The Balaban J connectivity index is 2.11. The Morgan fingerprint density at radius 2 is 2.04 bits per heavy atom. The minimum Gasteiger partial charge on any atom is -0.348 e. The van der Waals surface area contributed by atoms with Gasteiger partial charge in [0.15, 0.2) is 0 Å². The Kier molecular flexibility index (Phi) is 6.66. The molecule has 0 saturated carbocycles. The van der Waals surface area contributed by atoms with E-state index >= 15 is 0 Å². The lowest BCUT2D eigenvalue weighted by Crippen LogP contribution is -2.28. The third-order valence-electron chi connectivity index (χ3n) is 3.81. The van der Waals surface area contributed by atoms with Gasteiger partial charge in [-0.15, -0.1) is 0 Å². The zero-order valence-corrected chi connectivity index (χ0v) is 15.3. The molecular formula is C18H23N3O3S. The van der Waals surface area contributed by atoms with Crippen molar-refractivity contribution in [2.24, 2.45) is 0 Å². The molecule has 2 aromatic rings. The Hall–Kier alpha value is -2.25. The van der Waals surface area contributed by atoms with Gasteiger partial charge in [0, 0.05) is 38.1 Å². The van der Waals surface area contributed by atoms with Crippen molar-refractivity contribution in [3.8, 4) is 0 Å². The van der Waals surface area contributed by atoms with Crippen LogP contribution < -0.4 is 5.32 Å². The fourth-order valence-electron chi connectivity index (χ4n) is 2.27. The van der Waals surface area contributed by atoms with Gasteiger partial charge in [0.25, 0.3) is 5.91 Å². The molecule has 2 rings (SSSR count). The number of benzene rings is 1. The van der Waals surface area contributed by atoms with Gasteiger partial charge in [0.2, 0.25) is 10.0 Å². The molecule has 0 aliphatic heterocycles. The molecule has 0 unspecified atom stereocenters. The Bertz CT molecular complexity index is 807. The second-order valence-electron chi connectivity index (χ2n) is 5.75. The van der Waals surface area contributed by atoms with E-state index in [0.29, 0.717) is 18.7 Å². The molecule has 6 nitrogen and oxygen atoms in total. The van der Waals surface area contributed by atoms with Crippen molar-refractivity contribution < 1.29 is 13.2 Å². The Morgan fingerprint density at radius 3 is 2.72 bits per heavy atom. The largest absolute Gasteiger partial charge is 0.348 e. The molecule has 0 fully saturated rings. The summed E-state index contributed by atoms with van der Waals surface area (Å²) in [7, 11) is -2.04. The van der Waals surface area contributed by atoms with Crippen molar-refractivity contribution >= 4 is 15.9 Å². The SMILES string of the molecule is CCCCN(C)S(=O)(=O)c1cccc(C(=O)NCc2cccnc2)c1. The second-order valence-corrected chi connectivity index (χ2v) is 7.80. The van der Waals surface area contributed by atoms with E-state index in [1.807, 2.05) is 13.0 Å². The predicted octanol–water partition coefficient (Wildman–Crippen LogP) is 2.43. The summed E-state index contributed by atoms with van der Waals surface area (Å²) < 4.78 is 26.5. The summed E-state index contributed by atoms with van der Waals surface area (Å²) in [6, 6.07) is 9.76. The molecule has 1 amide bonds. The second kappa shape index (κ2) is 8.73. The van der Waals surface area contributed by atoms with E-state index in [1.54, 1.807) is 37.6 Å². The maximum absolute atomic E-state index is 12.6. The Morgan fingerprint density at radius 1 is 1.24 bits per heavy atom. The first-order valence-electron chi connectivity index (χ1n) is 8.18. The van der Waals surface area contributed by atoms with Crippen LogP contribution in [-0.4, -0.2) is 37.2 Å². The van der Waals surface area contributed by atoms with Crippen LogP contribution in [-0.2, 0) is 16.6 Å². The van der Waals surface area contributed by atoms with E-state index in [2.05, 4.69) is 10.3 Å². The quantitative estimate of drug-likeness (QED) is 0.783. The van der Waals surface area contributed by atoms with Crippen molar-refractivity contribution in [2.45, 2.75) is 31.2 Å². The number of aromatic nitrogens is 1. The first-order chi connectivity index (χ1) is 11.9. The number of sulfonamides is 1. The molecule has 0 atom stereocenters. The fourth-order valence-corrected chi connectivity index (χ4v) is 3.52. The minimum absolute atomic E-state index is 0.125. The highest BCUT2D eigenvalue weighted by molar-refractivity contribution is 7.89. The van der Waals surface area contributed by atoms with Gasteiger partial charge in [-0.25, -0.2) is 12.7 Å². The number of unbranched alkanes of at least 4 members (excludes halogenated alkanes) is 1. The van der Waals surface area contributed by atoms with Crippen LogP contribution >= 0.6 is 0 Å². The summed E-state index contributed by atoms with van der Waals surface area (Å²) in [6.07, 6.45) is 5.04. The maximum Gasteiger partial charge on any atom is 0.251 e. The molecule has 1 heterocycles. The van der Waals surface area contributed by atoms with E-state index in [0.717, 1.165) is 18.4 Å². The normalized spacial score (nSPS) is 11.5. The van der Waals surface area contributed by atoms with E-state index in [1.165, 1.54) is 16.4 Å². The predicted molar refractivity (Wildman–Crippen MR) is 96.6 cm³/mol. The van der Waals surface area contributed by atoms with Crippen LogP contribution in [0.15, 0.2) is 53.7 Å². The maximum atomic E-state index is 12.6. The number of pyridine rings is 1. The van der Waals surface area contributed by atoms with Crippen molar-refractivity contribution in [3.63, 3.8) is 0 Å². The van der Waals surface area contributed by atoms with Crippen LogP contribution in [0.2, 0.25) is 0 Å². The lowest BCUT2D eigenvalue weighted by atomic mass is 10.2. The zero-order chi connectivity index (χ0) is 18.3. The molecule has 0 spiro atoms. The average molecular weight is 361 g/mol. The Labute approximate surface area is 148 Å². The van der Waals surface area contributed by atoms with Gasteiger partial charge in [0.05, 0.1) is 4.90 Å². The highest BCUT2D eigenvalue weighted by Gasteiger charge is 2.21. The summed E-state index contributed by atoms with van der Waals surface area (Å²) in [5, 5.41) is 2.77. The lowest BCUT2D eigenvalue weighted by Gasteiger charge is -2.17.